The van der Waals surface area contributed by atoms with Crippen molar-refractivity contribution in [1.29, 1.82) is 0 Å². The summed E-state index contributed by atoms with van der Waals surface area (Å²) in [5, 5.41) is 2.67. The van der Waals surface area contributed by atoms with Crippen LogP contribution >= 0.6 is 0 Å². The second-order valence-corrected chi connectivity index (χ2v) is 8.91. The van der Waals surface area contributed by atoms with Crippen molar-refractivity contribution in [3.05, 3.63) is 60.2 Å². The topological polar surface area (TPSA) is 92.8 Å². The van der Waals surface area contributed by atoms with Gasteiger partial charge in [-0.15, -0.1) is 0 Å². The lowest BCUT2D eigenvalue weighted by atomic mass is 10.2. The van der Waals surface area contributed by atoms with E-state index < -0.39 is 9.84 Å². The van der Waals surface area contributed by atoms with Gasteiger partial charge in [0.15, 0.2) is 16.4 Å². The maximum absolute atomic E-state index is 12.5. The average Bonchev–Trinajstić information content (AvgIpc) is 3.04. The van der Waals surface area contributed by atoms with Crippen LogP contribution in [-0.2, 0) is 14.6 Å². The number of nitrogens with one attached hydrogen (secondary N) is 1. The molecule has 0 saturated carbocycles. The zero-order valence-electron chi connectivity index (χ0n) is 15.5. The molecule has 28 heavy (non-hydrogen) atoms. The minimum Gasteiger partial charge on any atom is -0.484 e. The van der Waals surface area contributed by atoms with Crippen LogP contribution in [0.3, 0.4) is 0 Å². The Balaban J connectivity index is 1.51. The van der Waals surface area contributed by atoms with E-state index in [1.165, 1.54) is 4.90 Å². The van der Waals surface area contributed by atoms with E-state index in [1.807, 2.05) is 18.2 Å². The second kappa shape index (κ2) is 8.43. The van der Waals surface area contributed by atoms with E-state index in [0.717, 1.165) is 0 Å². The smallest absolute Gasteiger partial charge is 0.258 e. The molecule has 1 aliphatic heterocycles. The molecule has 0 aromatic heterocycles. The summed E-state index contributed by atoms with van der Waals surface area (Å²) in [5.74, 6) is 0.0891. The molecule has 7 nitrogen and oxygen atoms in total. The minimum atomic E-state index is -3.04. The van der Waals surface area contributed by atoms with Gasteiger partial charge in [0.05, 0.1) is 11.5 Å². The number of carbonyl (C=O) groups excluding carboxylic acids is 2. The Bertz CT molecular complexity index is 942. The highest BCUT2D eigenvalue weighted by atomic mass is 32.2. The molecule has 148 valence electrons. The number of hydrogen-bond acceptors (Lipinski definition) is 5. The number of nitrogens with zero attached hydrogens (tertiary/aromatic N) is 1. The summed E-state index contributed by atoms with van der Waals surface area (Å²) >= 11 is 0. The molecule has 0 unspecified atom stereocenters. The third-order valence-electron chi connectivity index (χ3n) is 4.52. The van der Waals surface area contributed by atoms with Crippen molar-refractivity contribution in [3.63, 3.8) is 0 Å². The Morgan fingerprint density at radius 1 is 1.11 bits per heavy atom. The van der Waals surface area contributed by atoms with Crippen LogP contribution in [0.25, 0.3) is 0 Å². The van der Waals surface area contributed by atoms with Crippen molar-refractivity contribution in [2.24, 2.45) is 0 Å². The Morgan fingerprint density at radius 3 is 2.39 bits per heavy atom. The normalized spacial score (nSPS) is 17.7. The number of hydrogen-bond donors (Lipinski definition) is 1. The van der Waals surface area contributed by atoms with Gasteiger partial charge in [0.2, 0.25) is 0 Å². The van der Waals surface area contributed by atoms with Gasteiger partial charge in [-0.25, -0.2) is 8.42 Å². The molecule has 2 aromatic rings. The van der Waals surface area contributed by atoms with Crippen molar-refractivity contribution in [3.8, 4) is 5.75 Å². The van der Waals surface area contributed by atoms with Crippen LogP contribution in [0, 0.1) is 0 Å². The van der Waals surface area contributed by atoms with E-state index in [1.54, 1.807) is 43.4 Å². The SMILES string of the molecule is CN(C(=O)c1ccccc1)c1ccc(OCC(=O)N[C@@H]2CCS(=O)(=O)C2)cc1. The molecule has 0 radical (unpaired) electrons. The van der Waals surface area contributed by atoms with Crippen LogP contribution in [0.5, 0.6) is 5.75 Å². The van der Waals surface area contributed by atoms with Gasteiger partial charge in [-0.3, -0.25) is 9.59 Å². The van der Waals surface area contributed by atoms with Gasteiger partial charge in [0.25, 0.3) is 11.8 Å². The molecule has 0 bridgehead atoms. The van der Waals surface area contributed by atoms with Crippen LogP contribution in [0.15, 0.2) is 54.6 Å². The first kappa shape index (κ1) is 19.9. The van der Waals surface area contributed by atoms with E-state index >= 15 is 0 Å². The summed E-state index contributed by atoms with van der Waals surface area (Å²) in [7, 11) is -1.35. The second-order valence-electron chi connectivity index (χ2n) is 6.68. The molecule has 1 aliphatic rings. The summed E-state index contributed by atoms with van der Waals surface area (Å²) in [6, 6.07) is 15.5. The molecule has 0 spiro atoms. The number of anilines is 1. The first-order valence-electron chi connectivity index (χ1n) is 8.90. The van der Waals surface area contributed by atoms with Gasteiger partial charge in [-0.1, -0.05) is 18.2 Å². The molecule has 3 rings (SSSR count). The highest BCUT2D eigenvalue weighted by Gasteiger charge is 2.28. The zero-order valence-corrected chi connectivity index (χ0v) is 16.3. The maximum Gasteiger partial charge on any atom is 0.258 e. The van der Waals surface area contributed by atoms with E-state index in [9.17, 15) is 18.0 Å². The minimum absolute atomic E-state index is 0.0186. The number of benzene rings is 2. The summed E-state index contributed by atoms with van der Waals surface area (Å²) in [5.41, 5.74) is 1.29. The fraction of sp³-hybridized carbons (Fsp3) is 0.300. The lowest BCUT2D eigenvalue weighted by Gasteiger charge is -2.18. The molecule has 2 amide bonds. The van der Waals surface area contributed by atoms with E-state index in [2.05, 4.69) is 5.32 Å². The predicted octanol–water partition coefficient (Wildman–Crippen LogP) is 1.65. The standard InChI is InChI=1S/C20H22N2O5S/c1-22(20(24)15-5-3-2-4-6-15)17-7-9-18(10-8-17)27-13-19(23)21-16-11-12-28(25,26)14-16/h2-10,16H,11-14H2,1H3,(H,21,23)/t16-/m1/s1. The summed E-state index contributed by atoms with van der Waals surface area (Å²) in [6.07, 6.45) is 0.435. The third-order valence-corrected chi connectivity index (χ3v) is 6.28. The van der Waals surface area contributed by atoms with Crippen LogP contribution in [0.1, 0.15) is 16.8 Å². The van der Waals surface area contributed by atoms with Crippen molar-refractivity contribution in [2.75, 3.05) is 30.1 Å². The van der Waals surface area contributed by atoms with Gasteiger partial charge < -0.3 is 15.0 Å². The molecular weight excluding hydrogens is 380 g/mol. The molecule has 1 N–H and O–H groups in total. The van der Waals surface area contributed by atoms with E-state index in [0.29, 0.717) is 23.4 Å². The molecule has 1 saturated heterocycles. The molecular formula is C20H22N2O5S. The van der Waals surface area contributed by atoms with E-state index in [4.69, 9.17) is 4.74 Å². The fourth-order valence-electron chi connectivity index (χ4n) is 2.98. The summed E-state index contributed by atoms with van der Waals surface area (Å²) in [6.45, 7) is -0.200. The zero-order chi connectivity index (χ0) is 20.1. The number of rotatable bonds is 6. The monoisotopic (exact) mass is 402 g/mol. The Labute approximate surface area is 164 Å². The third kappa shape index (κ3) is 5.10. The number of carbonyl (C=O) groups is 2. The molecule has 1 fully saturated rings. The Hall–Kier alpha value is -2.87. The van der Waals surface area contributed by atoms with Crippen LogP contribution in [0.4, 0.5) is 5.69 Å². The first-order valence-corrected chi connectivity index (χ1v) is 10.7. The molecule has 2 aromatic carbocycles. The predicted molar refractivity (Wildman–Crippen MR) is 106 cm³/mol. The van der Waals surface area contributed by atoms with Crippen molar-refractivity contribution in [2.45, 2.75) is 12.5 Å². The number of amides is 2. The van der Waals surface area contributed by atoms with Crippen LogP contribution < -0.4 is 15.0 Å². The van der Waals surface area contributed by atoms with Gasteiger partial charge in [-0.2, -0.15) is 0 Å². The van der Waals surface area contributed by atoms with E-state index in [-0.39, 0.29) is 36.0 Å². The van der Waals surface area contributed by atoms with Gasteiger partial charge in [0.1, 0.15) is 5.75 Å². The molecule has 1 heterocycles. The highest BCUT2D eigenvalue weighted by Crippen LogP contribution is 2.20. The number of sulfone groups is 1. The summed E-state index contributed by atoms with van der Waals surface area (Å²) < 4.78 is 28.3. The number of ether oxygens (including phenoxy) is 1. The molecule has 1 atom stereocenters. The van der Waals surface area contributed by atoms with Gasteiger partial charge >= 0.3 is 0 Å². The summed E-state index contributed by atoms with van der Waals surface area (Å²) in [4.78, 5) is 25.9. The van der Waals surface area contributed by atoms with Crippen molar-refractivity contribution in [1.82, 2.24) is 5.32 Å². The molecule has 8 heteroatoms. The average molecular weight is 402 g/mol. The fourth-order valence-corrected chi connectivity index (χ4v) is 4.66. The lowest BCUT2D eigenvalue weighted by molar-refractivity contribution is -0.123. The quantitative estimate of drug-likeness (QED) is 0.793. The molecule has 0 aliphatic carbocycles. The Morgan fingerprint density at radius 2 is 1.79 bits per heavy atom. The van der Waals surface area contributed by atoms with Crippen LogP contribution in [-0.4, -0.2) is 51.4 Å². The lowest BCUT2D eigenvalue weighted by Crippen LogP contribution is -2.38. The first-order chi connectivity index (χ1) is 13.3. The maximum atomic E-state index is 12.5. The largest absolute Gasteiger partial charge is 0.484 e. The van der Waals surface area contributed by atoms with Gasteiger partial charge in [-0.05, 0) is 42.8 Å². The Kier molecular flexibility index (Phi) is 5.99. The van der Waals surface area contributed by atoms with Crippen molar-refractivity contribution >= 4 is 27.3 Å². The van der Waals surface area contributed by atoms with Gasteiger partial charge in [0, 0.05) is 24.3 Å². The van der Waals surface area contributed by atoms with Crippen LogP contribution in [0.2, 0.25) is 0 Å². The highest BCUT2D eigenvalue weighted by molar-refractivity contribution is 7.91. The van der Waals surface area contributed by atoms with Crippen molar-refractivity contribution < 1.29 is 22.7 Å².